The van der Waals surface area contributed by atoms with E-state index >= 15 is 0 Å². The van der Waals surface area contributed by atoms with Gasteiger partial charge in [-0.15, -0.1) is 0 Å². The number of hydrogen-bond acceptors (Lipinski definition) is 3. The molecular weight excluding hydrogens is 419 g/mol. The number of carbonyl (C=O) groups excluding carboxylic acids is 1. The van der Waals surface area contributed by atoms with Crippen molar-refractivity contribution in [1.29, 1.82) is 0 Å². The number of anilines is 1. The number of ether oxygens (including phenoxy) is 1. The SMILES string of the molecule is COc1ccc(C2=N/C(=C/c3ccc(Cl)cc3Cl)C(=O)N2c2ccc(C)cc2)cc1. The second-order valence-corrected chi connectivity index (χ2v) is 7.68. The number of benzene rings is 3. The van der Waals surface area contributed by atoms with Crippen LogP contribution >= 0.6 is 23.2 Å². The molecule has 0 saturated heterocycles. The molecule has 0 N–H and O–H groups in total. The van der Waals surface area contributed by atoms with Crippen LogP contribution in [-0.4, -0.2) is 18.9 Å². The van der Waals surface area contributed by atoms with Gasteiger partial charge in [0, 0.05) is 15.6 Å². The van der Waals surface area contributed by atoms with Gasteiger partial charge in [-0.25, -0.2) is 4.99 Å². The molecule has 6 heteroatoms. The molecule has 0 atom stereocenters. The first-order valence-corrected chi connectivity index (χ1v) is 10.0. The molecule has 1 aliphatic heterocycles. The first kappa shape index (κ1) is 20.2. The molecule has 3 aromatic carbocycles. The summed E-state index contributed by atoms with van der Waals surface area (Å²) in [7, 11) is 1.61. The van der Waals surface area contributed by atoms with Gasteiger partial charge in [0.15, 0.2) is 0 Å². The minimum absolute atomic E-state index is 0.226. The minimum Gasteiger partial charge on any atom is -0.497 e. The topological polar surface area (TPSA) is 41.9 Å². The van der Waals surface area contributed by atoms with Gasteiger partial charge < -0.3 is 4.74 Å². The van der Waals surface area contributed by atoms with Gasteiger partial charge >= 0.3 is 0 Å². The Labute approximate surface area is 185 Å². The molecule has 1 amide bonds. The van der Waals surface area contributed by atoms with Crippen LogP contribution in [0.1, 0.15) is 16.7 Å². The normalized spacial score (nSPS) is 14.9. The third-order valence-electron chi connectivity index (χ3n) is 4.76. The monoisotopic (exact) mass is 436 g/mol. The van der Waals surface area contributed by atoms with E-state index in [2.05, 4.69) is 4.99 Å². The highest BCUT2D eigenvalue weighted by atomic mass is 35.5. The summed E-state index contributed by atoms with van der Waals surface area (Å²) in [6.07, 6.45) is 1.68. The zero-order valence-electron chi connectivity index (χ0n) is 16.4. The van der Waals surface area contributed by atoms with Gasteiger partial charge in [-0.05, 0) is 67.1 Å². The van der Waals surface area contributed by atoms with E-state index in [4.69, 9.17) is 27.9 Å². The van der Waals surface area contributed by atoms with Crippen molar-refractivity contribution in [3.8, 4) is 5.75 Å². The van der Waals surface area contributed by atoms with Crippen molar-refractivity contribution in [2.45, 2.75) is 6.92 Å². The van der Waals surface area contributed by atoms with E-state index in [9.17, 15) is 4.79 Å². The van der Waals surface area contributed by atoms with Crippen LogP contribution in [-0.2, 0) is 4.79 Å². The number of hydrogen-bond donors (Lipinski definition) is 0. The number of aryl methyl sites for hydroxylation is 1. The van der Waals surface area contributed by atoms with Crippen LogP contribution in [0.4, 0.5) is 5.69 Å². The van der Waals surface area contributed by atoms with Crippen molar-refractivity contribution < 1.29 is 9.53 Å². The maximum Gasteiger partial charge on any atom is 0.282 e. The molecule has 0 unspecified atom stereocenters. The summed E-state index contributed by atoms with van der Waals surface area (Å²) in [6.45, 7) is 2.00. The number of nitrogens with zero attached hydrogens (tertiary/aromatic N) is 2. The average molecular weight is 437 g/mol. The third kappa shape index (κ3) is 3.97. The van der Waals surface area contributed by atoms with Crippen LogP contribution in [0.5, 0.6) is 5.75 Å². The van der Waals surface area contributed by atoms with Crippen molar-refractivity contribution in [2.24, 2.45) is 4.99 Å². The Morgan fingerprint density at radius 2 is 1.67 bits per heavy atom. The molecule has 0 aliphatic carbocycles. The number of methoxy groups -OCH3 is 1. The molecule has 150 valence electrons. The molecule has 4 nitrogen and oxygen atoms in total. The van der Waals surface area contributed by atoms with E-state index in [1.165, 1.54) is 0 Å². The Balaban J connectivity index is 1.82. The quantitative estimate of drug-likeness (QED) is 0.460. The highest BCUT2D eigenvalue weighted by Crippen LogP contribution is 2.30. The van der Waals surface area contributed by atoms with Crippen LogP contribution in [0.25, 0.3) is 6.08 Å². The lowest BCUT2D eigenvalue weighted by Gasteiger charge is -2.19. The van der Waals surface area contributed by atoms with Crippen LogP contribution in [0.3, 0.4) is 0 Å². The molecule has 4 rings (SSSR count). The Morgan fingerprint density at radius 3 is 2.30 bits per heavy atom. The maximum atomic E-state index is 13.3. The van der Waals surface area contributed by atoms with Crippen molar-refractivity contribution in [1.82, 2.24) is 0 Å². The molecule has 0 radical (unpaired) electrons. The Bertz CT molecular complexity index is 1170. The largest absolute Gasteiger partial charge is 0.497 e. The van der Waals surface area contributed by atoms with Gasteiger partial charge in [0.2, 0.25) is 0 Å². The average Bonchev–Trinajstić information content (AvgIpc) is 3.07. The van der Waals surface area contributed by atoms with E-state index in [1.54, 1.807) is 36.3 Å². The lowest BCUT2D eigenvalue weighted by Crippen LogP contribution is -2.32. The number of amides is 1. The zero-order chi connectivity index (χ0) is 21.3. The molecule has 1 aliphatic rings. The second-order valence-electron chi connectivity index (χ2n) is 6.84. The Kier molecular flexibility index (Phi) is 5.62. The number of amidine groups is 1. The maximum absolute atomic E-state index is 13.3. The van der Waals surface area contributed by atoms with E-state index in [-0.39, 0.29) is 5.91 Å². The standard InChI is InChI=1S/C24H18Cl2N2O2/c1-15-3-9-19(10-4-15)28-23(16-6-11-20(30-2)12-7-16)27-22(24(28)29)13-17-5-8-18(25)14-21(17)26/h3-14H,1-2H3/b22-13+. The molecule has 3 aromatic rings. The Morgan fingerprint density at radius 1 is 0.967 bits per heavy atom. The summed E-state index contributed by atoms with van der Waals surface area (Å²) < 4.78 is 5.24. The van der Waals surface area contributed by atoms with E-state index in [0.29, 0.717) is 27.1 Å². The number of carbonyl (C=O) groups is 1. The summed E-state index contributed by atoms with van der Waals surface area (Å²) >= 11 is 12.3. The molecule has 30 heavy (non-hydrogen) atoms. The molecule has 0 bridgehead atoms. The fourth-order valence-corrected chi connectivity index (χ4v) is 3.61. The highest BCUT2D eigenvalue weighted by Gasteiger charge is 2.32. The summed E-state index contributed by atoms with van der Waals surface area (Å²) in [5.74, 6) is 1.05. The fourth-order valence-electron chi connectivity index (χ4n) is 3.15. The van der Waals surface area contributed by atoms with Crippen molar-refractivity contribution >= 4 is 46.7 Å². The fraction of sp³-hybridized carbons (Fsp3) is 0.0833. The lowest BCUT2D eigenvalue weighted by atomic mass is 10.1. The van der Waals surface area contributed by atoms with E-state index in [0.717, 1.165) is 22.6 Å². The second kappa shape index (κ2) is 8.34. The first-order chi connectivity index (χ1) is 14.5. The van der Waals surface area contributed by atoms with Gasteiger partial charge in [0.1, 0.15) is 17.3 Å². The third-order valence-corrected chi connectivity index (χ3v) is 5.32. The number of aliphatic imine (C=N–C) groups is 1. The molecule has 0 aromatic heterocycles. The number of halogens is 2. The van der Waals surface area contributed by atoms with Gasteiger partial charge in [0.05, 0.1) is 12.8 Å². The van der Waals surface area contributed by atoms with E-state index < -0.39 is 0 Å². The van der Waals surface area contributed by atoms with Crippen LogP contribution in [0.15, 0.2) is 77.4 Å². The molecule has 1 heterocycles. The smallest absolute Gasteiger partial charge is 0.282 e. The van der Waals surface area contributed by atoms with Crippen molar-refractivity contribution in [3.63, 3.8) is 0 Å². The molecule has 0 fully saturated rings. The summed E-state index contributed by atoms with van der Waals surface area (Å²) in [4.78, 5) is 19.6. The van der Waals surface area contributed by atoms with Gasteiger partial charge in [-0.3, -0.25) is 9.69 Å². The number of rotatable bonds is 4. The van der Waals surface area contributed by atoms with Crippen LogP contribution in [0.2, 0.25) is 10.0 Å². The van der Waals surface area contributed by atoms with Crippen molar-refractivity contribution in [2.75, 3.05) is 12.0 Å². The van der Waals surface area contributed by atoms with Gasteiger partial charge in [0.25, 0.3) is 5.91 Å². The van der Waals surface area contributed by atoms with Crippen LogP contribution in [0, 0.1) is 6.92 Å². The zero-order valence-corrected chi connectivity index (χ0v) is 17.9. The highest BCUT2D eigenvalue weighted by molar-refractivity contribution is 6.36. The molecule has 0 saturated carbocycles. The predicted molar refractivity (Wildman–Crippen MR) is 123 cm³/mol. The Hall–Kier alpha value is -3.08. The minimum atomic E-state index is -0.226. The summed E-state index contributed by atoms with van der Waals surface area (Å²) in [6, 6.07) is 20.3. The summed E-state index contributed by atoms with van der Waals surface area (Å²) in [5, 5.41) is 0.987. The summed E-state index contributed by atoms with van der Waals surface area (Å²) in [5.41, 5.74) is 3.62. The van der Waals surface area contributed by atoms with E-state index in [1.807, 2.05) is 55.5 Å². The van der Waals surface area contributed by atoms with Gasteiger partial charge in [-0.2, -0.15) is 0 Å². The first-order valence-electron chi connectivity index (χ1n) is 9.27. The predicted octanol–water partition coefficient (Wildman–Crippen LogP) is 6.14. The molecule has 0 spiro atoms. The van der Waals surface area contributed by atoms with Crippen LogP contribution < -0.4 is 9.64 Å². The van der Waals surface area contributed by atoms with Gasteiger partial charge in [-0.1, -0.05) is 47.0 Å². The van der Waals surface area contributed by atoms with Crippen molar-refractivity contribution in [3.05, 3.63) is 99.2 Å². The molecular formula is C24H18Cl2N2O2. The lowest BCUT2D eigenvalue weighted by molar-refractivity contribution is -0.113.